The standard InChI is InChI=1S/C20H32N2/c1-16-9-14-20(17-7-5-4-6-8-17)22(15-16)19-12-10-18(11-13-19)21(2)3/h5,7,9,14-15,17-20H,4,6,8,10-13H2,1-3H3. The second-order valence-corrected chi connectivity index (χ2v) is 7.62. The molecule has 0 aromatic rings. The summed E-state index contributed by atoms with van der Waals surface area (Å²) in [5.74, 6) is 0.709. The van der Waals surface area contributed by atoms with Gasteiger partial charge in [-0.2, -0.15) is 0 Å². The molecule has 1 fully saturated rings. The van der Waals surface area contributed by atoms with E-state index >= 15 is 0 Å². The number of nitrogens with zero attached hydrogens (tertiary/aromatic N) is 2. The lowest BCUT2D eigenvalue weighted by Crippen LogP contribution is -2.47. The highest BCUT2D eigenvalue weighted by atomic mass is 15.2. The van der Waals surface area contributed by atoms with E-state index in [0.717, 1.165) is 12.1 Å². The molecule has 0 amide bonds. The molecule has 3 aliphatic rings. The summed E-state index contributed by atoms with van der Waals surface area (Å²) in [6.07, 6.45) is 21.5. The minimum Gasteiger partial charge on any atom is -0.367 e. The fourth-order valence-electron chi connectivity index (χ4n) is 4.42. The molecule has 22 heavy (non-hydrogen) atoms. The zero-order valence-electron chi connectivity index (χ0n) is 14.5. The Morgan fingerprint density at radius 1 is 1.05 bits per heavy atom. The second kappa shape index (κ2) is 7.04. The Balaban J connectivity index is 1.70. The molecule has 3 rings (SSSR count). The van der Waals surface area contributed by atoms with Gasteiger partial charge in [0.25, 0.3) is 0 Å². The quantitative estimate of drug-likeness (QED) is 0.715. The molecular weight excluding hydrogens is 268 g/mol. The Labute approximate surface area is 136 Å². The van der Waals surface area contributed by atoms with Gasteiger partial charge >= 0.3 is 0 Å². The summed E-state index contributed by atoms with van der Waals surface area (Å²) < 4.78 is 0. The van der Waals surface area contributed by atoms with E-state index in [1.165, 1.54) is 50.5 Å². The molecule has 2 heteroatoms. The average Bonchev–Trinajstić information content (AvgIpc) is 2.55. The Hall–Kier alpha value is -1.02. The van der Waals surface area contributed by atoms with E-state index in [4.69, 9.17) is 0 Å². The van der Waals surface area contributed by atoms with Crippen molar-refractivity contribution in [2.75, 3.05) is 14.1 Å². The molecule has 1 aliphatic heterocycles. The fraction of sp³-hybridized carbons (Fsp3) is 0.700. The van der Waals surface area contributed by atoms with E-state index in [0.29, 0.717) is 12.0 Å². The first kappa shape index (κ1) is 15.9. The van der Waals surface area contributed by atoms with Crippen molar-refractivity contribution in [2.24, 2.45) is 5.92 Å². The van der Waals surface area contributed by atoms with Crippen molar-refractivity contribution >= 4 is 0 Å². The Bertz CT molecular complexity index is 452. The number of hydrogen-bond acceptors (Lipinski definition) is 2. The van der Waals surface area contributed by atoms with Gasteiger partial charge in [-0.15, -0.1) is 0 Å². The Morgan fingerprint density at radius 3 is 2.45 bits per heavy atom. The van der Waals surface area contributed by atoms with Crippen LogP contribution in [0, 0.1) is 5.92 Å². The van der Waals surface area contributed by atoms with Gasteiger partial charge < -0.3 is 9.80 Å². The molecular formula is C20H32N2. The monoisotopic (exact) mass is 300 g/mol. The maximum atomic E-state index is 2.71. The fourth-order valence-corrected chi connectivity index (χ4v) is 4.42. The van der Waals surface area contributed by atoms with E-state index in [2.05, 4.69) is 61.3 Å². The highest BCUT2D eigenvalue weighted by Crippen LogP contribution is 2.34. The minimum atomic E-state index is 0.584. The van der Waals surface area contributed by atoms with Gasteiger partial charge in [-0.1, -0.05) is 24.3 Å². The highest BCUT2D eigenvalue weighted by molar-refractivity contribution is 5.25. The van der Waals surface area contributed by atoms with Gasteiger partial charge in [-0.3, -0.25) is 0 Å². The van der Waals surface area contributed by atoms with Gasteiger partial charge in [0.2, 0.25) is 0 Å². The molecule has 1 heterocycles. The van der Waals surface area contributed by atoms with Crippen LogP contribution in [0.4, 0.5) is 0 Å². The van der Waals surface area contributed by atoms with Crippen LogP contribution in [0.5, 0.6) is 0 Å². The van der Waals surface area contributed by atoms with Crippen LogP contribution >= 0.6 is 0 Å². The van der Waals surface area contributed by atoms with Crippen LogP contribution in [0.1, 0.15) is 51.9 Å². The van der Waals surface area contributed by atoms with Crippen molar-refractivity contribution < 1.29 is 0 Å². The lowest BCUT2D eigenvalue weighted by molar-refractivity contribution is 0.118. The van der Waals surface area contributed by atoms with Crippen molar-refractivity contribution in [1.82, 2.24) is 9.80 Å². The Morgan fingerprint density at radius 2 is 1.82 bits per heavy atom. The number of allylic oxidation sites excluding steroid dienone is 3. The van der Waals surface area contributed by atoms with Gasteiger partial charge in [0.15, 0.2) is 0 Å². The zero-order valence-corrected chi connectivity index (χ0v) is 14.5. The predicted molar refractivity (Wildman–Crippen MR) is 94.7 cm³/mol. The van der Waals surface area contributed by atoms with Crippen molar-refractivity contribution in [3.05, 3.63) is 36.1 Å². The van der Waals surface area contributed by atoms with Crippen molar-refractivity contribution in [3.63, 3.8) is 0 Å². The van der Waals surface area contributed by atoms with Gasteiger partial charge in [-0.05, 0) is 71.5 Å². The van der Waals surface area contributed by atoms with Crippen LogP contribution in [0.15, 0.2) is 36.1 Å². The highest BCUT2D eigenvalue weighted by Gasteiger charge is 2.32. The first-order valence-electron chi connectivity index (χ1n) is 9.12. The molecule has 0 bridgehead atoms. The van der Waals surface area contributed by atoms with E-state index < -0.39 is 0 Å². The zero-order chi connectivity index (χ0) is 15.5. The summed E-state index contributed by atoms with van der Waals surface area (Å²) >= 11 is 0. The van der Waals surface area contributed by atoms with E-state index in [1.807, 2.05) is 0 Å². The SMILES string of the molecule is CC1=CN(C2CCC(N(C)C)CC2)C(C2C=CCCC2)C=C1. The minimum absolute atomic E-state index is 0.584. The van der Waals surface area contributed by atoms with Crippen LogP contribution in [-0.2, 0) is 0 Å². The third kappa shape index (κ3) is 3.48. The topological polar surface area (TPSA) is 6.48 Å². The molecule has 2 atom stereocenters. The van der Waals surface area contributed by atoms with Crippen LogP contribution < -0.4 is 0 Å². The van der Waals surface area contributed by atoms with Gasteiger partial charge in [0.1, 0.15) is 0 Å². The largest absolute Gasteiger partial charge is 0.367 e. The van der Waals surface area contributed by atoms with Gasteiger partial charge in [0, 0.05) is 24.2 Å². The van der Waals surface area contributed by atoms with Gasteiger partial charge in [-0.25, -0.2) is 0 Å². The predicted octanol–water partition coefficient (Wildman–Crippen LogP) is 4.36. The normalized spacial score (nSPS) is 35.8. The molecule has 0 N–H and O–H groups in total. The average molecular weight is 300 g/mol. The van der Waals surface area contributed by atoms with Crippen LogP contribution in [0.3, 0.4) is 0 Å². The lowest BCUT2D eigenvalue weighted by Gasteiger charge is -2.45. The third-order valence-corrected chi connectivity index (χ3v) is 5.80. The molecule has 2 aliphatic carbocycles. The molecule has 122 valence electrons. The molecule has 0 aromatic carbocycles. The van der Waals surface area contributed by atoms with E-state index in [-0.39, 0.29) is 0 Å². The maximum Gasteiger partial charge on any atom is 0.0536 e. The first-order chi connectivity index (χ1) is 10.6. The molecule has 2 nitrogen and oxygen atoms in total. The molecule has 0 radical (unpaired) electrons. The summed E-state index contributed by atoms with van der Waals surface area (Å²) in [7, 11) is 4.46. The number of hydrogen-bond donors (Lipinski definition) is 0. The summed E-state index contributed by atoms with van der Waals surface area (Å²) in [6, 6.07) is 2.10. The molecule has 0 saturated heterocycles. The first-order valence-corrected chi connectivity index (χ1v) is 9.12. The van der Waals surface area contributed by atoms with Crippen molar-refractivity contribution in [3.8, 4) is 0 Å². The molecule has 0 aromatic heterocycles. The smallest absolute Gasteiger partial charge is 0.0536 e. The summed E-state index contributed by atoms with van der Waals surface area (Å²) in [6.45, 7) is 2.24. The maximum absolute atomic E-state index is 2.71. The van der Waals surface area contributed by atoms with E-state index in [1.54, 1.807) is 0 Å². The lowest BCUT2D eigenvalue weighted by atomic mass is 9.83. The molecule has 1 saturated carbocycles. The third-order valence-electron chi connectivity index (χ3n) is 5.80. The van der Waals surface area contributed by atoms with Crippen LogP contribution in [0.25, 0.3) is 0 Å². The molecule has 2 unspecified atom stereocenters. The summed E-state index contributed by atoms with van der Waals surface area (Å²) in [5.41, 5.74) is 1.41. The van der Waals surface area contributed by atoms with Gasteiger partial charge in [0.05, 0.1) is 6.04 Å². The number of rotatable bonds is 3. The van der Waals surface area contributed by atoms with Crippen LogP contribution in [-0.4, -0.2) is 42.0 Å². The van der Waals surface area contributed by atoms with Crippen LogP contribution in [0.2, 0.25) is 0 Å². The Kier molecular flexibility index (Phi) is 5.07. The second-order valence-electron chi connectivity index (χ2n) is 7.62. The van der Waals surface area contributed by atoms with Crippen molar-refractivity contribution in [2.45, 2.75) is 70.0 Å². The summed E-state index contributed by atoms with van der Waals surface area (Å²) in [4.78, 5) is 5.12. The molecule has 0 spiro atoms. The van der Waals surface area contributed by atoms with Crippen molar-refractivity contribution in [1.29, 1.82) is 0 Å². The summed E-state index contributed by atoms with van der Waals surface area (Å²) in [5, 5.41) is 0. The van der Waals surface area contributed by atoms with E-state index in [9.17, 15) is 0 Å².